The van der Waals surface area contributed by atoms with Gasteiger partial charge in [-0.25, -0.2) is 9.97 Å². The highest BCUT2D eigenvalue weighted by Gasteiger charge is 2.16. The van der Waals surface area contributed by atoms with Crippen molar-refractivity contribution in [1.29, 1.82) is 0 Å². The number of aromatic nitrogens is 5. The Kier molecular flexibility index (Phi) is 6.48. The van der Waals surface area contributed by atoms with Gasteiger partial charge in [0.1, 0.15) is 12.2 Å². The molecule has 1 fully saturated rings. The summed E-state index contributed by atoms with van der Waals surface area (Å²) in [5, 5.41) is 11.7. The summed E-state index contributed by atoms with van der Waals surface area (Å²) in [5.74, 6) is 2.69. The van der Waals surface area contributed by atoms with E-state index in [9.17, 15) is 0 Å². The summed E-state index contributed by atoms with van der Waals surface area (Å²) in [5.41, 5.74) is 0.999. The number of hydrogen-bond donors (Lipinski definition) is 2. The van der Waals surface area contributed by atoms with Crippen LogP contribution in [0.4, 0.5) is 11.8 Å². The van der Waals surface area contributed by atoms with Crippen LogP contribution in [-0.4, -0.2) is 25.1 Å². The lowest BCUT2D eigenvalue weighted by atomic mass is 9.92. The molecule has 1 aliphatic rings. The Morgan fingerprint density at radius 2 is 1.50 bits per heavy atom. The van der Waals surface area contributed by atoms with Gasteiger partial charge in [0.15, 0.2) is 5.82 Å². The third-order valence-corrected chi connectivity index (χ3v) is 5.76. The largest absolute Gasteiger partial charge is 0.307 e. The van der Waals surface area contributed by atoms with Gasteiger partial charge in [-0.15, -0.1) is 0 Å². The number of aromatic amines is 1. The van der Waals surface area contributed by atoms with Crippen LogP contribution >= 0.6 is 0 Å². The van der Waals surface area contributed by atoms with E-state index in [2.05, 4.69) is 25.5 Å². The molecule has 1 saturated carbocycles. The van der Waals surface area contributed by atoms with Crippen LogP contribution in [0.5, 0.6) is 0 Å². The SMILES string of the molecule is c1ccc2c(Nc3ncnc(C4CCCCCCCCCCC4)n3)n[nH]c2c1. The van der Waals surface area contributed by atoms with Gasteiger partial charge in [-0.3, -0.25) is 5.10 Å². The van der Waals surface area contributed by atoms with E-state index in [1.165, 1.54) is 70.6 Å². The van der Waals surface area contributed by atoms with Crippen LogP contribution in [-0.2, 0) is 0 Å². The zero-order valence-corrected chi connectivity index (χ0v) is 16.5. The molecular weight excluding hydrogens is 348 g/mol. The van der Waals surface area contributed by atoms with Crippen LogP contribution < -0.4 is 5.32 Å². The fraction of sp³-hybridized carbons (Fsp3) is 0.545. The number of nitrogens with zero attached hydrogens (tertiary/aromatic N) is 4. The first kappa shape index (κ1) is 18.8. The predicted molar refractivity (Wildman–Crippen MR) is 113 cm³/mol. The fourth-order valence-corrected chi connectivity index (χ4v) is 4.15. The van der Waals surface area contributed by atoms with Crippen molar-refractivity contribution in [2.75, 3.05) is 5.32 Å². The van der Waals surface area contributed by atoms with E-state index in [4.69, 9.17) is 4.98 Å². The van der Waals surface area contributed by atoms with Crippen LogP contribution in [0.15, 0.2) is 30.6 Å². The van der Waals surface area contributed by atoms with Crippen molar-refractivity contribution in [3.63, 3.8) is 0 Å². The summed E-state index contributed by atoms with van der Waals surface area (Å²) in [6.45, 7) is 0. The first-order valence-electron chi connectivity index (χ1n) is 10.8. The number of hydrogen-bond acceptors (Lipinski definition) is 5. The second kappa shape index (κ2) is 9.62. The van der Waals surface area contributed by atoms with Gasteiger partial charge in [-0.1, -0.05) is 69.9 Å². The van der Waals surface area contributed by atoms with Gasteiger partial charge in [0.2, 0.25) is 5.95 Å². The third kappa shape index (κ3) is 4.86. The van der Waals surface area contributed by atoms with Crippen molar-refractivity contribution in [3.8, 4) is 0 Å². The Labute approximate surface area is 166 Å². The lowest BCUT2D eigenvalue weighted by Crippen LogP contribution is -2.09. The molecule has 28 heavy (non-hydrogen) atoms. The highest BCUT2D eigenvalue weighted by atomic mass is 15.2. The maximum absolute atomic E-state index is 4.76. The molecule has 2 N–H and O–H groups in total. The molecular formula is C22H30N6. The van der Waals surface area contributed by atoms with Crippen molar-refractivity contribution in [2.24, 2.45) is 0 Å². The van der Waals surface area contributed by atoms with E-state index in [-0.39, 0.29) is 0 Å². The number of para-hydroxylation sites is 1. The maximum Gasteiger partial charge on any atom is 0.231 e. The molecule has 148 valence electrons. The number of H-pyrrole nitrogens is 1. The summed E-state index contributed by atoms with van der Waals surface area (Å²) in [6, 6.07) is 8.05. The molecule has 4 rings (SSSR count). The molecule has 0 spiro atoms. The zero-order valence-electron chi connectivity index (χ0n) is 16.5. The summed E-state index contributed by atoms with van der Waals surface area (Å²) in [6.07, 6.45) is 16.1. The Morgan fingerprint density at radius 3 is 2.25 bits per heavy atom. The van der Waals surface area contributed by atoms with Gasteiger partial charge >= 0.3 is 0 Å². The first-order valence-corrected chi connectivity index (χ1v) is 10.8. The van der Waals surface area contributed by atoms with Gasteiger partial charge in [0, 0.05) is 11.3 Å². The maximum atomic E-state index is 4.76. The lowest BCUT2D eigenvalue weighted by molar-refractivity contribution is 0.455. The summed E-state index contributed by atoms with van der Waals surface area (Å²) >= 11 is 0. The Hall–Kier alpha value is -2.50. The average Bonchev–Trinajstić information content (AvgIpc) is 3.12. The molecule has 0 atom stereocenters. The third-order valence-electron chi connectivity index (χ3n) is 5.76. The topological polar surface area (TPSA) is 79.4 Å². The van der Waals surface area contributed by atoms with E-state index in [1.807, 2.05) is 24.3 Å². The monoisotopic (exact) mass is 378 g/mol. The Balaban J connectivity index is 1.47. The van der Waals surface area contributed by atoms with E-state index < -0.39 is 0 Å². The van der Waals surface area contributed by atoms with E-state index in [0.717, 1.165) is 22.5 Å². The number of nitrogens with one attached hydrogen (secondary N) is 2. The van der Waals surface area contributed by atoms with Crippen molar-refractivity contribution in [3.05, 3.63) is 36.4 Å². The second-order valence-corrected chi connectivity index (χ2v) is 7.87. The number of rotatable bonds is 3. The average molecular weight is 379 g/mol. The second-order valence-electron chi connectivity index (χ2n) is 7.87. The molecule has 1 aromatic carbocycles. The molecule has 6 nitrogen and oxygen atoms in total. The van der Waals surface area contributed by atoms with Gasteiger partial charge in [0.05, 0.1) is 5.52 Å². The van der Waals surface area contributed by atoms with E-state index in [1.54, 1.807) is 6.33 Å². The summed E-state index contributed by atoms with van der Waals surface area (Å²) in [4.78, 5) is 13.6. The standard InChI is InChI=1S/C22H30N6/c1-2-4-6-8-12-17(13-9-7-5-3-1)20-23-16-24-22(25-20)26-21-18-14-10-11-15-19(18)27-28-21/h10-11,14-17H,1-9,12-13H2,(H2,23,24,25,26,27,28). The zero-order chi connectivity index (χ0) is 19.0. The molecule has 0 unspecified atom stereocenters. The highest BCUT2D eigenvalue weighted by molar-refractivity contribution is 5.90. The van der Waals surface area contributed by atoms with Crippen molar-refractivity contribution in [2.45, 2.75) is 76.5 Å². The molecule has 0 saturated heterocycles. The van der Waals surface area contributed by atoms with Crippen LogP contribution in [0.1, 0.15) is 82.4 Å². The van der Waals surface area contributed by atoms with Gasteiger partial charge in [-0.05, 0) is 25.0 Å². The Bertz CT molecular complexity index is 862. The van der Waals surface area contributed by atoms with Crippen LogP contribution in [0.2, 0.25) is 0 Å². The van der Waals surface area contributed by atoms with Crippen molar-refractivity contribution < 1.29 is 0 Å². The number of fused-ring (bicyclic) bond motifs is 1. The lowest BCUT2D eigenvalue weighted by Gasteiger charge is -2.17. The molecule has 0 bridgehead atoms. The summed E-state index contributed by atoms with van der Waals surface area (Å²) < 4.78 is 0. The Morgan fingerprint density at radius 1 is 0.821 bits per heavy atom. The van der Waals surface area contributed by atoms with E-state index >= 15 is 0 Å². The molecule has 0 radical (unpaired) electrons. The van der Waals surface area contributed by atoms with Gasteiger partial charge < -0.3 is 5.32 Å². The van der Waals surface area contributed by atoms with E-state index in [0.29, 0.717) is 11.9 Å². The predicted octanol–water partition coefficient (Wildman–Crippen LogP) is 5.88. The number of anilines is 2. The highest BCUT2D eigenvalue weighted by Crippen LogP contribution is 2.28. The minimum atomic E-state index is 0.430. The fourth-order valence-electron chi connectivity index (χ4n) is 4.15. The van der Waals surface area contributed by atoms with Gasteiger partial charge in [0.25, 0.3) is 0 Å². The molecule has 2 heterocycles. The minimum Gasteiger partial charge on any atom is -0.307 e. The normalized spacial score (nSPS) is 17.7. The number of benzene rings is 1. The van der Waals surface area contributed by atoms with Crippen LogP contribution in [0, 0.1) is 0 Å². The molecule has 0 aliphatic heterocycles. The quantitative estimate of drug-likeness (QED) is 0.595. The van der Waals surface area contributed by atoms with Gasteiger partial charge in [-0.2, -0.15) is 10.1 Å². The molecule has 0 amide bonds. The molecule has 2 aromatic heterocycles. The minimum absolute atomic E-state index is 0.430. The molecule has 3 aromatic rings. The van der Waals surface area contributed by atoms with Crippen LogP contribution in [0.25, 0.3) is 10.9 Å². The summed E-state index contributed by atoms with van der Waals surface area (Å²) in [7, 11) is 0. The van der Waals surface area contributed by atoms with Crippen molar-refractivity contribution >= 4 is 22.7 Å². The first-order chi connectivity index (χ1) is 13.9. The van der Waals surface area contributed by atoms with Crippen LogP contribution in [0.3, 0.4) is 0 Å². The molecule has 1 aliphatic carbocycles. The molecule has 6 heteroatoms. The van der Waals surface area contributed by atoms with Crippen molar-refractivity contribution in [1.82, 2.24) is 25.1 Å². The smallest absolute Gasteiger partial charge is 0.231 e.